The molecule has 0 saturated carbocycles. The number of carbonyl (C=O) groups excluding carboxylic acids is 1. The monoisotopic (exact) mass is 139 g/mol. The highest BCUT2D eigenvalue weighted by Crippen LogP contribution is 2.14. The van der Waals surface area contributed by atoms with Crippen molar-refractivity contribution >= 4 is 6.29 Å². The number of carbonyl (C=O) groups is 1. The summed E-state index contributed by atoms with van der Waals surface area (Å²) in [4.78, 5) is 10.3. The van der Waals surface area contributed by atoms with Crippen LogP contribution in [0.2, 0.25) is 0 Å². The summed E-state index contributed by atoms with van der Waals surface area (Å²) in [5.41, 5.74) is 1.28. The predicted octanol–water partition coefficient (Wildman–Crippen LogP) is 1.61. The maximum atomic E-state index is 10.3. The van der Waals surface area contributed by atoms with Crippen molar-refractivity contribution < 1.29 is 9.32 Å². The SMILES string of the molecule is CC(C)c1nocc1C=O. The maximum Gasteiger partial charge on any atom is 0.155 e. The standard InChI is InChI=1S/C7H9NO2/c1-5(2)7-6(3-9)4-10-8-7/h3-5H,1-2H3. The van der Waals surface area contributed by atoms with Crippen LogP contribution in [0.3, 0.4) is 0 Å². The van der Waals surface area contributed by atoms with Gasteiger partial charge in [0, 0.05) is 0 Å². The summed E-state index contributed by atoms with van der Waals surface area (Å²) in [6.45, 7) is 3.93. The molecule has 0 spiro atoms. The molecule has 1 heterocycles. The zero-order valence-corrected chi connectivity index (χ0v) is 6.00. The lowest BCUT2D eigenvalue weighted by molar-refractivity contribution is 0.112. The van der Waals surface area contributed by atoms with E-state index in [1.54, 1.807) is 0 Å². The van der Waals surface area contributed by atoms with E-state index in [-0.39, 0.29) is 5.92 Å². The Balaban J connectivity index is 3.01. The molecule has 10 heavy (non-hydrogen) atoms. The molecule has 0 unspecified atom stereocenters. The van der Waals surface area contributed by atoms with Gasteiger partial charge in [0.2, 0.25) is 0 Å². The number of nitrogens with zero attached hydrogens (tertiary/aromatic N) is 1. The number of aldehydes is 1. The van der Waals surface area contributed by atoms with Crippen molar-refractivity contribution in [3.05, 3.63) is 17.5 Å². The molecular weight excluding hydrogens is 130 g/mol. The first-order valence-electron chi connectivity index (χ1n) is 3.15. The Labute approximate surface area is 59.0 Å². The summed E-state index contributed by atoms with van der Waals surface area (Å²) in [6, 6.07) is 0. The second-order valence-corrected chi connectivity index (χ2v) is 2.43. The lowest BCUT2D eigenvalue weighted by Crippen LogP contribution is -1.91. The fraction of sp³-hybridized carbons (Fsp3) is 0.429. The van der Waals surface area contributed by atoms with E-state index < -0.39 is 0 Å². The molecule has 0 aromatic carbocycles. The second kappa shape index (κ2) is 2.64. The average molecular weight is 139 g/mol. The molecule has 0 atom stereocenters. The largest absolute Gasteiger partial charge is 0.364 e. The quantitative estimate of drug-likeness (QED) is 0.584. The average Bonchev–Trinajstić information content (AvgIpc) is 2.33. The lowest BCUT2D eigenvalue weighted by Gasteiger charge is -1.96. The van der Waals surface area contributed by atoms with Gasteiger partial charge in [0.25, 0.3) is 0 Å². The van der Waals surface area contributed by atoms with Crippen molar-refractivity contribution in [1.82, 2.24) is 5.16 Å². The summed E-state index contributed by atoms with van der Waals surface area (Å²) in [6.07, 6.45) is 2.12. The molecule has 0 radical (unpaired) electrons. The van der Waals surface area contributed by atoms with Gasteiger partial charge < -0.3 is 4.52 Å². The van der Waals surface area contributed by atoms with E-state index in [1.807, 2.05) is 13.8 Å². The van der Waals surface area contributed by atoms with Crippen LogP contribution in [0.15, 0.2) is 10.8 Å². The molecule has 0 aliphatic carbocycles. The van der Waals surface area contributed by atoms with Crippen LogP contribution in [0, 0.1) is 0 Å². The third-order valence-corrected chi connectivity index (χ3v) is 1.30. The first kappa shape index (κ1) is 6.99. The van der Waals surface area contributed by atoms with E-state index in [4.69, 9.17) is 0 Å². The molecule has 1 rings (SSSR count). The Kier molecular flexibility index (Phi) is 1.85. The van der Waals surface area contributed by atoms with Gasteiger partial charge in [0.1, 0.15) is 6.26 Å². The highest BCUT2D eigenvalue weighted by molar-refractivity contribution is 5.75. The van der Waals surface area contributed by atoms with E-state index in [0.29, 0.717) is 5.56 Å². The molecule has 3 nitrogen and oxygen atoms in total. The maximum absolute atomic E-state index is 10.3. The fourth-order valence-electron chi connectivity index (χ4n) is 0.780. The van der Waals surface area contributed by atoms with Crippen molar-refractivity contribution in [1.29, 1.82) is 0 Å². The molecule has 1 aromatic rings. The molecule has 0 bridgehead atoms. The van der Waals surface area contributed by atoms with Crippen LogP contribution in [-0.4, -0.2) is 11.4 Å². The number of rotatable bonds is 2. The van der Waals surface area contributed by atoms with E-state index in [0.717, 1.165) is 12.0 Å². The van der Waals surface area contributed by atoms with Crippen LogP contribution >= 0.6 is 0 Å². The topological polar surface area (TPSA) is 43.1 Å². The van der Waals surface area contributed by atoms with Crippen LogP contribution in [0.5, 0.6) is 0 Å². The van der Waals surface area contributed by atoms with E-state index in [2.05, 4.69) is 9.68 Å². The van der Waals surface area contributed by atoms with Gasteiger partial charge in [-0.2, -0.15) is 0 Å². The van der Waals surface area contributed by atoms with Gasteiger partial charge in [-0.3, -0.25) is 4.79 Å². The van der Waals surface area contributed by atoms with Gasteiger partial charge in [-0.05, 0) is 5.92 Å². The Bertz CT molecular complexity index is 227. The van der Waals surface area contributed by atoms with E-state index in [9.17, 15) is 4.79 Å². The van der Waals surface area contributed by atoms with Gasteiger partial charge in [-0.1, -0.05) is 19.0 Å². The van der Waals surface area contributed by atoms with Crippen molar-refractivity contribution in [2.75, 3.05) is 0 Å². The van der Waals surface area contributed by atoms with Crippen LogP contribution in [0.1, 0.15) is 35.8 Å². The fourth-order valence-corrected chi connectivity index (χ4v) is 0.780. The molecule has 0 saturated heterocycles. The number of aromatic nitrogens is 1. The third kappa shape index (κ3) is 1.07. The molecule has 0 N–H and O–H groups in total. The third-order valence-electron chi connectivity index (χ3n) is 1.30. The smallest absolute Gasteiger partial charge is 0.155 e. The van der Waals surface area contributed by atoms with Crippen molar-refractivity contribution in [3.63, 3.8) is 0 Å². The second-order valence-electron chi connectivity index (χ2n) is 2.43. The summed E-state index contributed by atoms with van der Waals surface area (Å²) in [5.74, 6) is 0.249. The zero-order valence-electron chi connectivity index (χ0n) is 6.00. The summed E-state index contributed by atoms with van der Waals surface area (Å²) >= 11 is 0. The first-order chi connectivity index (χ1) is 4.75. The van der Waals surface area contributed by atoms with Gasteiger partial charge in [-0.15, -0.1) is 0 Å². The normalized spacial score (nSPS) is 10.3. The Morgan fingerprint density at radius 2 is 2.40 bits per heavy atom. The summed E-state index contributed by atoms with van der Waals surface area (Å²) < 4.78 is 4.62. The highest BCUT2D eigenvalue weighted by atomic mass is 16.5. The van der Waals surface area contributed by atoms with Gasteiger partial charge in [0.05, 0.1) is 11.3 Å². The first-order valence-corrected chi connectivity index (χ1v) is 3.15. The van der Waals surface area contributed by atoms with Gasteiger partial charge in [0.15, 0.2) is 6.29 Å². The Morgan fingerprint density at radius 1 is 1.70 bits per heavy atom. The van der Waals surface area contributed by atoms with Crippen molar-refractivity contribution in [3.8, 4) is 0 Å². The Morgan fingerprint density at radius 3 is 2.80 bits per heavy atom. The minimum absolute atomic E-state index is 0.249. The van der Waals surface area contributed by atoms with Crippen LogP contribution in [0.4, 0.5) is 0 Å². The molecular formula is C7H9NO2. The van der Waals surface area contributed by atoms with E-state index >= 15 is 0 Å². The molecule has 0 fully saturated rings. The van der Waals surface area contributed by atoms with Crippen LogP contribution in [-0.2, 0) is 0 Å². The van der Waals surface area contributed by atoms with Gasteiger partial charge >= 0.3 is 0 Å². The zero-order chi connectivity index (χ0) is 7.56. The number of hydrogen-bond donors (Lipinski definition) is 0. The summed E-state index contributed by atoms with van der Waals surface area (Å²) in [7, 11) is 0. The molecule has 0 aliphatic heterocycles. The highest BCUT2D eigenvalue weighted by Gasteiger charge is 2.09. The minimum Gasteiger partial charge on any atom is -0.364 e. The molecule has 54 valence electrons. The molecule has 0 aliphatic rings. The van der Waals surface area contributed by atoms with Gasteiger partial charge in [-0.25, -0.2) is 0 Å². The van der Waals surface area contributed by atoms with Crippen molar-refractivity contribution in [2.45, 2.75) is 19.8 Å². The molecule has 0 amide bonds. The summed E-state index contributed by atoms with van der Waals surface area (Å²) in [5, 5.41) is 3.68. The lowest BCUT2D eigenvalue weighted by atomic mass is 10.1. The molecule has 1 aromatic heterocycles. The molecule has 3 heteroatoms. The minimum atomic E-state index is 0.249. The van der Waals surface area contributed by atoms with Crippen LogP contribution < -0.4 is 0 Å². The Hall–Kier alpha value is -1.12. The van der Waals surface area contributed by atoms with Crippen molar-refractivity contribution in [2.24, 2.45) is 0 Å². The van der Waals surface area contributed by atoms with E-state index in [1.165, 1.54) is 6.26 Å². The number of hydrogen-bond acceptors (Lipinski definition) is 3. The predicted molar refractivity (Wildman–Crippen MR) is 36.0 cm³/mol. The van der Waals surface area contributed by atoms with Crippen LogP contribution in [0.25, 0.3) is 0 Å².